The minimum atomic E-state index is -0.937. The quantitative estimate of drug-likeness (QED) is 0.147. The summed E-state index contributed by atoms with van der Waals surface area (Å²) in [5, 5.41) is 12.5. The first-order valence-corrected chi connectivity index (χ1v) is 23.0. The predicted molar refractivity (Wildman–Crippen MR) is 278 cm³/mol. The van der Waals surface area contributed by atoms with E-state index in [1.54, 1.807) is 0 Å². The maximum Gasteiger partial charge on any atom is 0.148 e. The second kappa shape index (κ2) is 18.7. The molecule has 7 aromatic carbocycles. The number of hydrogen-bond donors (Lipinski definition) is 1. The van der Waals surface area contributed by atoms with Gasteiger partial charge in [0, 0.05) is 46.9 Å². The molecule has 2 aromatic heterocycles. The monoisotopic (exact) mass is 1060 g/mol. The Balaban J connectivity index is 0.00000642. The van der Waals surface area contributed by atoms with Gasteiger partial charge in [0.1, 0.15) is 11.6 Å². The summed E-state index contributed by atoms with van der Waals surface area (Å²) < 4.78 is 20.1. The SMILES string of the molecule is [2H]C(C)(C)c1ccc(-c2ccnc(-c3[c-]c(-c4cccc5c4nc(-c4cc(C(C)(C)C)cc(C(C)(C)C)c4O)n5-c4ccc(-c5ccccc5)c(C([2H])(C)C)c4)cc(-c4ccccc4)c3)c2)cc1.[Pt]. The maximum atomic E-state index is 12.5. The van der Waals surface area contributed by atoms with Gasteiger partial charge in [-0.1, -0.05) is 201 Å². The number of phenols is 1. The van der Waals surface area contributed by atoms with Crippen LogP contribution in [-0.4, -0.2) is 19.6 Å². The van der Waals surface area contributed by atoms with Crippen molar-refractivity contribution in [2.75, 3.05) is 0 Å². The number of fused-ring (bicyclic) bond motifs is 1. The van der Waals surface area contributed by atoms with Crippen molar-refractivity contribution >= 4 is 11.0 Å². The zero-order valence-electron chi connectivity index (χ0n) is 42.2. The first kappa shape index (κ1) is 44.5. The molecule has 0 radical (unpaired) electrons. The smallest absolute Gasteiger partial charge is 0.148 e. The number of pyridine rings is 1. The average Bonchev–Trinajstić information content (AvgIpc) is 3.70. The van der Waals surface area contributed by atoms with Gasteiger partial charge in [0.05, 0.1) is 16.6 Å². The van der Waals surface area contributed by atoms with Crippen LogP contribution in [-0.2, 0) is 31.9 Å². The number of para-hydroxylation sites is 1. The van der Waals surface area contributed by atoms with Crippen LogP contribution >= 0.6 is 0 Å². The van der Waals surface area contributed by atoms with Gasteiger partial charge in [0.2, 0.25) is 0 Å². The molecule has 0 amide bonds. The minimum Gasteiger partial charge on any atom is -0.507 e. The van der Waals surface area contributed by atoms with Gasteiger partial charge in [-0.25, -0.2) is 4.98 Å². The van der Waals surface area contributed by atoms with Gasteiger partial charge < -0.3 is 5.11 Å². The third kappa shape index (κ3) is 9.47. The van der Waals surface area contributed by atoms with Gasteiger partial charge in [-0.3, -0.25) is 9.55 Å². The standard InChI is InChI=1S/C62H60N3O.Pt/c1-39(2)41-24-26-43(27-25-41)45-30-31-63-56(35-45)48-33-46(42-18-13-11-14-19-42)32-47(34-48)52-22-17-23-57-58(52)64-60(54-36-49(61(5,6)7)37-55(59(54)66)62(8,9)10)65(57)50-28-29-51(53(38-50)40(3)4)44-20-15-12-16-21-44;/h11-33,35-40,66H,1-10H3;/q-1;/i39D,40D;. The molecule has 0 aliphatic carbocycles. The third-order valence-electron chi connectivity index (χ3n) is 12.7. The molecule has 0 spiro atoms. The van der Waals surface area contributed by atoms with E-state index >= 15 is 0 Å². The molecule has 0 aliphatic rings. The van der Waals surface area contributed by atoms with E-state index in [1.165, 1.54) is 0 Å². The Morgan fingerprint density at radius 3 is 1.87 bits per heavy atom. The zero-order valence-corrected chi connectivity index (χ0v) is 42.5. The predicted octanol–water partition coefficient (Wildman–Crippen LogP) is 16.8. The molecule has 0 atom stereocenters. The summed E-state index contributed by atoms with van der Waals surface area (Å²) in [7, 11) is 0. The Kier molecular flexibility index (Phi) is 12.4. The van der Waals surface area contributed by atoms with Crippen LogP contribution in [0, 0.1) is 6.07 Å². The Labute approximate surface area is 414 Å². The first-order valence-electron chi connectivity index (χ1n) is 24.0. The number of nitrogens with zero attached hydrogens (tertiary/aromatic N) is 3. The van der Waals surface area contributed by atoms with E-state index in [2.05, 4.69) is 167 Å². The van der Waals surface area contributed by atoms with E-state index in [-0.39, 0.29) is 37.6 Å². The van der Waals surface area contributed by atoms with Crippen molar-refractivity contribution in [2.45, 2.75) is 91.9 Å². The fourth-order valence-corrected chi connectivity index (χ4v) is 8.93. The van der Waals surface area contributed by atoms with Crippen molar-refractivity contribution in [3.8, 4) is 78.6 Å². The molecular weight excluding hydrogens is 998 g/mol. The van der Waals surface area contributed by atoms with E-state index in [0.717, 1.165) is 94.7 Å². The normalized spacial score (nSPS) is 12.7. The van der Waals surface area contributed by atoms with E-state index in [1.807, 2.05) is 76.4 Å². The fourth-order valence-electron chi connectivity index (χ4n) is 8.93. The number of imidazole rings is 1. The van der Waals surface area contributed by atoms with E-state index in [4.69, 9.17) is 11.3 Å². The number of hydrogen-bond acceptors (Lipinski definition) is 3. The molecule has 340 valence electrons. The molecule has 67 heavy (non-hydrogen) atoms. The zero-order chi connectivity index (χ0) is 48.3. The van der Waals surface area contributed by atoms with E-state index < -0.39 is 11.8 Å². The molecule has 0 unspecified atom stereocenters. The van der Waals surface area contributed by atoms with Crippen LogP contribution in [0.25, 0.3) is 83.9 Å². The van der Waals surface area contributed by atoms with Crippen molar-refractivity contribution in [1.82, 2.24) is 14.5 Å². The maximum absolute atomic E-state index is 12.5. The molecule has 5 heteroatoms. The summed E-state index contributed by atoms with van der Waals surface area (Å²) in [6.45, 7) is 20.7. The number of aromatic nitrogens is 3. The Morgan fingerprint density at radius 2 is 1.22 bits per heavy atom. The summed E-state index contributed by atoms with van der Waals surface area (Å²) in [5.41, 5.74) is 15.9. The molecule has 0 aliphatic heterocycles. The molecular formula is C62H60N3OPt-. The van der Waals surface area contributed by atoms with Crippen LogP contribution < -0.4 is 0 Å². The fraction of sp³-hybridized carbons (Fsp3) is 0.226. The number of benzene rings is 7. The second-order valence-electron chi connectivity index (χ2n) is 20.0. The molecule has 0 saturated carbocycles. The van der Waals surface area contributed by atoms with E-state index in [0.29, 0.717) is 11.4 Å². The second-order valence-corrected chi connectivity index (χ2v) is 20.0. The van der Waals surface area contributed by atoms with Crippen LogP contribution in [0.3, 0.4) is 0 Å². The van der Waals surface area contributed by atoms with Gasteiger partial charge in [0.25, 0.3) is 0 Å². The summed E-state index contributed by atoms with van der Waals surface area (Å²) in [4.78, 5) is 10.5. The van der Waals surface area contributed by atoms with Gasteiger partial charge in [-0.05, 0) is 97.5 Å². The molecule has 1 N–H and O–H groups in total. The summed E-state index contributed by atoms with van der Waals surface area (Å²) in [5.74, 6) is -0.815. The van der Waals surface area contributed by atoms with Crippen LogP contribution in [0.2, 0.25) is 0 Å². The van der Waals surface area contributed by atoms with Crippen molar-refractivity contribution in [3.63, 3.8) is 0 Å². The van der Waals surface area contributed by atoms with Crippen molar-refractivity contribution in [3.05, 3.63) is 192 Å². The average molecular weight is 1060 g/mol. The van der Waals surface area contributed by atoms with Crippen molar-refractivity contribution in [2.24, 2.45) is 0 Å². The van der Waals surface area contributed by atoms with Crippen LogP contribution in [0.5, 0.6) is 5.75 Å². The Hall–Kier alpha value is -6.35. The van der Waals surface area contributed by atoms with Gasteiger partial charge >= 0.3 is 0 Å². The molecule has 9 rings (SSSR count). The summed E-state index contributed by atoms with van der Waals surface area (Å²) in [6.07, 6.45) is 1.85. The number of rotatable bonds is 9. The molecule has 0 bridgehead atoms. The minimum absolute atomic E-state index is 0. The molecule has 4 nitrogen and oxygen atoms in total. The molecule has 0 saturated heterocycles. The number of aromatic hydroxyl groups is 1. The molecule has 0 fully saturated rings. The van der Waals surface area contributed by atoms with Crippen molar-refractivity contribution in [1.29, 1.82) is 0 Å². The van der Waals surface area contributed by atoms with Crippen LogP contribution in [0.1, 0.15) is 106 Å². The van der Waals surface area contributed by atoms with Gasteiger partial charge in [-0.15, -0.1) is 23.8 Å². The van der Waals surface area contributed by atoms with Gasteiger partial charge in [0.15, 0.2) is 0 Å². The summed E-state index contributed by atoms with van der Waals surface area (Å²) in [6, 6.07) is 58.1. The first-order chi connectivity index (χ1) is 32.1. The van der Waals surface area contributed by atoms with Gasteiger partial charge in [-0.2, -0.15) is 0 Å². The Morgan fingerprint density at radius 1 is 0.567 bits per heavy atom. The largest absolute Gasteiger partial charge is 0.507 e. The van der Waals surface area contributed by atoms with E-state index in [9.17, 15) is 6.48 Å². The molecule has 2 heterocycles. The summed E-state index contributed by atoms with van der Waals surface area (Å²) >= 11 is 0. The number of phenolic OH excluding ortho intramolecular Hbond substituents is 1. The third-order valence-corrected chi connectivity index (χ3v) is 12.7. The van der Waals surface area contributed by atoms with Crippen molar-refractivity contribution < 1.29 is 28.9 Å². The molecule has 9 aromatic rings. The Bertz CT molecular complexity index is 3310. The topological polar surface area (TPSA) is 50.9 Å². The van der Waals surface area contributed by atoms with Crippen LogP contribution in [0.15, 0.2) is 164 Å². The van der Waals surface area contributed by atoms with Crippen LogP contribution in [0.4, 0.5) is 0 Å².